The second-order valence-corrected chi connectivity index (χ2v) is 5.70. The van der Waals surface area contributed by atoms with E-state index in [0.29, 0.717) is 22.9 Å². The highest BCUT2D eigenvalue weighted by molar-refractivity contribution is 6.32. The van der Waals surface area contributed by atoms with Crippen molar-refractivity contribution >= 4 is 23.8 Å². The van der Waals surface area contributed by atoms with E-state index in [1.54, 1.807) is 18.2 Å². The van der Waals surface area contributed by atoms with Crippen molar-refractivity contribution in [3.63, 3.8) is 0 Å². The summed E-state index contributed by atoms with van der Waals surface area (Å²) in [5, 5.41) is 18.7. The number of hydrogen-bond acceptors (Lipinski definition) is 4. The SMILES string of the molecule is COc1ccc(Cl)c(OCC[C@@H]2CN(C(=O)O)CCN2C(=O)O)c1. The third-order valence-corrected chi connectivity index (χ3v) is 4.16. The molecule has 132 valence electrons. The Morgan fingerprint density at radius 2 is 2.04 bits per heavy atom. The number of carboxylic acid groups (broad SMARTS) is 2. The van der Waals surface area contributed by atoms with Crippen LogP contribution in [0.2, 0.25) is 5.02 Å². The first-order valence-corrected chi connectivity index (χ1v) is 7.74. The van der Waals surface area contributed by atoms with Gasteiger partial charge in [-0.05, 0) is 12.1 Å². The van der Waals surface area contributed by atoms with E-state index >= 15 is 0 Å². The van der Waals surface area contributed by atoms with Crippen LogP contribution in [-0.2, 0) is 0 Å². The van der Waals surface area contributed by atoms with Gasteiger partial charge < -0.3 is 29.5 Å². The zero-order chi connectivity index (χ0) is 17.7. The Morgan fingerprint density at radius 1 is 1.29 bits per heavy atom. The fourth-order valence-electron chi connectivity index (χ4n) is 2.55. The summed E-state index contributed by atoms with van der Waals surface area (Å²) in [5.74, 6) is 1.03. The van der Waals surface area contributed by atoms with Crippen molar-refractivity contribution in [3.05, 3.63) is 23.2 Å². The number of halogens is 1. The molecular weight excluding hydrogens is 340 g/mol. The van der Waals surface area contributed by atoms with Crippen LogP contribution in [0.25, 0.3) is 0 Å². The molecule has 2 amide bonds. The fourth-order valence-corrected chi connectivity index (χ4v) is 2.73. The summed E-state index contributed by atoms with van der Waals surface area (Å²) in [4.78, 5) is 24.8. The number of benzene rings is 1. The number of amides is 2. The molecule has 0 aromatic heterocycles. The summed E-state index contributed by atoms with van der Waals surface area (Å²) in [6.07, 6.45) is -1.77. The Balaban J connectivity index is 1.97. The van der Waals surface area contributed by atoms with Crippen molar-refractivity contribution in [2.75, 3.05) is 33.4 Å². The molecule has 2 N–H and O–H groups in total. The average Bonchev–Trinajstić information content (AvgIpc) is 2.56. The molecule has 1 fully saturated rings. The maximum absolute atomic E-state index is 11.3. The molecule has 0 radical (unpaired) electrons. The maximum atomic E-state index is 11.3. The average molecular weight is 359 g/mol. The van der Waals surface area contributed by atoms with Crippen LogP contribution < -0.4 is 9.47 Å². The molecule has 0 unspecified atom stereocenters. The summed E-state index contributed by atoms with van der Waals surface area (Å²) in [6, 6.07) is 4.53. The van der Waals surface area contributed by atoms with Crippen LogP contribution in [0.4, 0.5) is 9.59 Å². The lowest BCUT2D eigenvalue weighted by atomic mass is 10.1. The Morgan fingerprint density at radius 3 is 2.67 bits per heavy atom. The molecule has 1 heterocycles. The zero-order valence-corrected chi connectivity index (χ0v) is 13.9. The van der Waals surface area contributed by atoms with Crippen molar-refractivity contribution in [3.8, 4) is 11.5 Å². The van der Waals surface area contributed by atoms with E-state index in [9.17, 15) is 14.7 Å². The lowest BCUT2D eigenvalue weighted by molar-refractivity contribution is 0.0562. The van der Waals surface area contributed by atoms with Crippen LogP contribution in [0, 0.1) is 0 Å². The van der Waals surface area contributed by atoms with Gasteiger partial charge in [-0.1, -0.05) is 11.6 Å². The second-order valence-electron chi connectivity index (χ2n) is 5.29. The molecule has 24 heavy (non-hydrogen) atoms. The number of hydrogen-bond donors (Lipinski definition) is 2. The number of piperazine rings is 1. The molecule has 1 aliphatic rings. The molecule has 1 saturated heterocycles. The quantitative estimate of drug-likeness (QED) is 0.838. The van der Waals surface area contributed by atoms with Crippen molar-refractivity contribution < 1.29 is 29.3 Å². The van der Waals surface area contributed by atoms with Gasteiger partial charge in [0.05, 0.1) is 24.8 Å². The van der Waals surface area contributed by atoms with E-state index in [-0.39, 0.29) is 26.2 Å². The molecule has 0 aliphatic carbocycles. The minimum absolute atomic E-state index is 0.122. The third kappa shape index (κ3) is 4.35. The monoisotopic (exact) mass is 358 g/mol. The number of ether oxygens (including phenoxy) is 2. The highest BCUT2D eigenvalue weighted by atomic mass is 35.5. The van der Waals surface area contributed by atoms with Gasteiger partial charge >= 0.3 is 12.2 Å². The largest absolute Gasteiger partial charge is 0.497 e. The number of rotatable bonds is 5. The van der Waals surface area contributed by atoms with Crippen molar-refractivity contribution in [1.82, 2.24) is 9.80 Å². The van der Waals surface area contributed by atoms with Gasteiger partial charge in [0.15, 0.2) is 0 Å². The van der Waals surface area contributed by atoms with E-state index in [4.69, 9.17) is 26.2 Å². The number of nitrogens with zero attached hydrogens (tertiary/aromatic N) is 2. The first-order chi connectivity index (χ1) is 11.4. The molecule has 0 spiro atoms. The lowest BCUT2D eigenvalue weighted by Crippen LogP contribution is -2.56. The summed E-state index contributed by atoms with van der Waals surface area (Å²) in [5.41, 5.74) is 0. The molecule has 9 heteroatoms. The molecule has 1 aromatic rings. The lowest BCUT2D eigenvalue weighted by Gasteiger charge is -2.38. The Labute approximate surface area is 144 Å². The van der Waals surface area contributed by atoms with E-state index in [1.165, 1.54) is 16.9 Å². The Hall–Kier alpha value is -2.35. The van der Waals surface area contributed by atoms with Gasteiger partial charge in [0.2, 0.25) is 0 Å². The highest BCUT2D eigenvalue weighted by Gasteiger charge is 2.32. The highest BCUT2D eigenvalue weighted by Crippen LogP contribution is 2.29. The molecule has 0 saturated carbocycles. The van der Waals surface area contributed by atoms with Gasteiger partial charge in [-0.3, -0.25) is 0 Å². The van der Waals surface area contributed by atoms with Crippen LogP contribution in [-0.4, -0.2) is 71.6 Å². The standard InChI is InChI=1S/C15H19ClN2O6/c1-23-11-2-3-12(16)13(8-11)24-7-4-10-9-17(14(19)20)5-6-18(10)15(21)22/h2-3,8,10H,4-7,9H2,1H3,(H,19,20)(H,21,22)/t10-/m1/s1. The summed E-state index contributed by atoms with van der Waals surface area (Å²) in [7, 11) is 1.53. The molecule has 1 aromatic carbocycles. The molecule has 1 aliphatic heterocycles. The molecule has 1 atom stereocenters. The summed E-state index contributed by atoms with van der Waals surface area (Å²) >= 11 is 6.05. The van der Waals surface area contributed by atoms with Crippen LogP contribution in [0.3, 0.4) is 0 Å². The van der Waals surface area contributed by atoms with Crippen LogP contribution >= 0.6 is 11.6 Å². The van der Waals surface area contributed by atoms with Crippen molar-refractivity contribution in [1.29, 1.82) is 0 Å². The van der Waals surface area contributed by atoms with Gasteiger partial charge in [-0.2, -0.15) is 0 Å². The van der Waals surface area contributed by atoms with Crippen LogP contribution in [0.5, 0.6) is 11.5 Å². The van der Waals surface area contributed by atoms with E-state index in [2.05, 4.69) is 0 Å². The second kappa shape index (κ2) is 7.96. The molecular formula is C15H19ClN2O6. The van der Waals surface area contributed by atoms with Gasteiger partial charge in [0.1, 0.15) is 11.5 Å². The smallest absolute Gasteiger partial charge is 0.407 e. The van der Waals surface area contributed by atoms with Crippen molar-refractivity contribution in [2.24, 2.45) is 0 Å². The van der Waals surface area contributed by atoms with E-state index < -0.39 is 18.2 Å². The maximum Gasteiger partial charge on any atom is 0.407 e. The predicted octanol–water partition coefficient (Wildman–Crippen LogP) is 2.46. The van der Waals surface area contributed by atoms with Crippen LogP contribution in [0.1, 0.15) is 6.42 Å². The Kier molecular flexibility index (Phi) is 5.97. The molecule has 2 rings (SSSR count). The van der Waals surface area contributed by atoms with Gasteiger partial charge in [-0.15, -0.1) is 0 Å². The fraction of sp³-hybridized carbons (Fsp3) is 0.467. The topological polar surface area (TPSA) is 99.5 Å². The normalized spacial score (nSPS) is 17.5. The number of carbonyl (C=O) groups is 2. The zero-order valence-electron chi connectivity index (χ0n) is 13.1. The Bertz CT molecular complexity index is 612. The minimum atomic E-state index is -1.07. The predicted molar refractivity (Wildman–Crippen MR) is 86.2 cm³/mol. The first-order valence-electron chi connectivity index (χ1n) is 7.36. The molecule has 0 bridgehead atoms. The van der Waals surface area contributed by atoms with E-state index in [1.807, 2.05) is 0 Å². The molecule has 8 nitrogen and oxygen atoms in total. The number of methoxy groups -OCH3 is 1. The summed E-state index contributed by atoms with van der Waals surface area (Å²) < 4.78 is 10.7. The van der Waals surface area contributed by atoms with Crippen LogP contribution in [0.15, 0.2) is 18.2 Å². The third-order valence-electron chi connectivity index (χ3n) is 3.85. The van der Waals surface area contributed by atoms with E-state index in [0.717, 1.165) is 0 Å². The summed E-state index contributed by atoms with van der Waals surface area (Å²) in [6.45, 7) is 0.637. The van der Waals surface area contributed by atoms with Gasteiger partial charge in [0.25, 0.3) is 0 Å². The van der Waals surface area contributed by atoms with Crippen molar-refractivity contribution in [2.45, 2.75) is 12.5 Å². The van der Waals surface area contributed by atoms with Gasteiger partial charge in [0, 0.05) is 32.1 Å². The van der Waals surface area contributed by atoms with Gasteiger partial charge in [-0.25, -0.2) is 9.59 Å². The first kappa shape index (κ1) is 18.0. The minimum Gasteiger partial charge on any atom is -0.497 e.